The number of hydrogen-bond donors (Lipinski definition) is 2. The molecule has 0 aliphatic heterocycles. The molecule has 1 aromatic heterocycles. The zero-order valence-electron chi connectivity index (χ0n) is 4.89. The molecule has 0 amide bonds. The molecule has 1 aromatic rings. The minimum atomic E-state index is 0.154. The predicted molar refractivity (Wildman–Crippen MR) is 33.4 cm³/mol. The average Bonchev–Trinajstić information content (AvgIpc) is 2.12. The van der Waals surface area contributed by atoms with E-state index in [1.165, 1.54) is 0 Å². The molecule has 0 aliphatic carbocycles. The van der Waals surface area contributed by atoms with Crippen LogP contribution < -0.4 is 5.73 Å². The van der Waals surface area contributed by atoms with Crippen LogP contribution in [0.15, 0.2) is 18.5 Å². The zero-order valence-corrected chi connectivity index (χ0v) is 4.89. The van der Waals surface area contributed by atoms with Crippen LogP contribution in [0.5, 0.6) is 0 Å². The van der Waals surface area contributed by atoms with E-state index in [0.717, 1.165) is 5.56 Å². The zero-order chi connectivity index (χ0) is 5.98. The van der Waals surface area contributed by atoms with E-state index in [-0.39, 0.29) is 6.04 Å². The number of H-pyrrole nitrogens is 1. The highest BCUT2D eigenvalue weighted by Gasteiger charge is 1.95. The van der Waals surface area contributed by atoms with Crippen molar-refractivity contribution in [2.75, 3.05) is 0 Å². The molecule has 8 heavy (non-hydrogen) atoms. The molecule has 0 radical (unpaired) electrons. The fraction of sp³-hybridized carbons (Fsp3) is 0.333. The van der Waals surface area contributed by atoms with E-state index in [1.54, 1.807) is 0 Å². The van der Waals surface area contributed by atoms with Crippen molar-refractivity contribution in [3.8, 4) is 0 Å². The molecule has 1 heterocycles. The number of nitrogens with one attached hydrogen (secondary N) is 1. The minimum Gasteiger partial charge on any atom is -0.367 e. The molecule has 0 saturated carbocycles. The highest BCUT2D eigenvalue weighted by molar-refractivity contribution is 5.11. The summed E-state index contributed by atoms with van der Waals surface area (Å²) in [5.74, 6) is 0. The summed E-state index contributed by atoms with van der Waals surface area (Å²) in [5, 5.41) is 0. The van der Waals surface area contributed by atoms with Crippen molar-refractivity contribution in [3.63, 3.8) is 0 Å². The van der Waals surface area contributed by atoms with Crippen molar-refractivity contribution in [2.45, 2.75) is 13.0 Å². The summed E-state index contributed by atoms with van der Waals surface area (Å²) in [6, 6.07) is 2.13. The van der Waals surface area contributed by atoms with E-state index < -0.39 is 0 Å². The second-order valence-electron chi connectivity index (χ2n) is 1.93. The van der Waals surface area contributed by atoms with E-state index in [0.29, 0.717) is 0 Å². The van der Waals surface area contributed by atoms with Gasteiger partial charge in [-0.15, -0.1) is 0 Å². The third-order valence-electron chi connectivity index (χ3n) is 1.15. The largest absolute Gasteiger partial charge is 0.367 e. The maximum atomic E-state index is 5.54. The van der Waals surface area contributed by atoms with Gasteiger partial charge >= 0.3 is 0 Å². The Morgan fingerprint density at radius 2 is 2.50 bits per heavy atom. The molecule has 0 spiro atoms. The lowest BCUT2D eigenvalue weighted by molar-refractivity contribution is 0.820. The summed E-state index contributed by atoms with van der Waals surface area (Å²) in [5.41, 5.74) is 6.70. The van der Waals surface area contributed by atoms with Gasteiger partial charge in [0.25, 0.3) is 0 Å². The average molecular weight is 110 g/mol. The molecule has 44 valence electrons. The van der Waals surface area contributed by atoms with Crippen molar-refractivity contribution in [2.24, 2.45) is 5.73 Å². The quantitative estimate of drug-likeness (QED) is 0.557. The Morgan fingerprint density at radius 3 is 2.75 bits per heavy atom. The predicted octanol–water partition coefficient (Wildman–Crippen LogP) is 1.03. The minimum absolute atomic E-state index is 0.154. The Bertz CT molecular complexity index is 142. The Morgan fingerprint density at radius 1 is 1.75 bits per heavy atom. The molecule has 1 atom stereocenters. The molecule has 0 saturated heterocycles. The third-order valence-corrected chi connectivity index (χ3v) is 1.15. The van der Waals surface area contributed by atoms with Crippen molar-refractivity contribution in [1.29, 1.82) is 0 Å². The van der Waals surface area contributed by atoms with E-state index >= 15 is 0 Å². The number of aromatic nitrogens is 1. The van der Waals surface area contributed by atoms with Crippen molar-refractivity contribution < 1.29 is 0 Å². The first kappa shape index (κ1) is 5.38. The maximum absolute atomic E-state index is 5.54. The van der Waals surface area contributed by atoms with Gasteiger partial charge in [-0.3, -0.25) is 0 Å². The molecule has 0 aliphatic rings. The molecule has 3 N–H and O–H groups in total. The smallest absolute Gasteiger partial charge is 0.0281 e. The molecular weight excluding hydrogens is 100 g/mol. The number of nitrogens with two attached hydrogens (primary N) is 1. The van der Waals surface area contributed by atoms with Gasteiger partial charge in [0, 0.05) is 18.4 Å². The van der Waals surface area contributed by atoms with Crippen LogP contribution in [0.4, 0.5) is 0 Å². The SMILES string of the molecule is CC(N)c1cc[nH]c1. The van der Waals surface area contributed by atoms with Gasteiger partial charge in [-0.2, -0.15) is 0 Å². The van der Waals surface area contributed by atoms with Crippen LogP contribution in [0.2, 0.25) is 0 Å². The molecule has 2 heteroatoms. The second-order valence-corrected chi connectivity index (χ2v) is 1.93. The van der Waals surface area contributed by atoms with E-state index in [4.69, 9.17) is 5.73 Å². The molecule has 2 nitrogen and oxygen atoms in total. The lowest BCUT2D eigenvalue weighted by Gasteiger charge is -1.96. The van der Waals surface area contributed by atoms with Gasteiger partial charge in [0.15, 0.2) is 0 Å². The van der Waals surface area contributed by atoms with Gasteiger partial charge in [0.05, 0.1) is 0 Å². The van der Waals surface area contributed by atoms with E-state index in [1.807, 2.05) is 25.4 Å². The van der Waals surface area contributed by atoms with Crippen LogP contribution in [-0.2, 0) is 0 Å². The van der Waals surface area contributed by atoms with Crippen LogP contribution in [-0.4, -0.2) is 4.98 Å². The summed E-state index contributed by atoms with van der Waals surface area (Å²) < 4.78 is 0. The summed E-state index contributed by atoms with van der Waals surface area (Å²) >= 11 is 0. The van der Waals surface area contributed by atoms with Crippen LogP contribution in [0.1, 0.15) is 18.5 Å². The van der Waals surface area contributed by atoms with Crippen molar-refractivity contribution in [1.82, 2.24) is 4.98 Å². The lowest BCUT2D eigenvalue weighted by atomic mass is 10.2. The Labute approximate surface area is 48.7 Å². The van der Waals surface area contributed by atoms with Gasteiger partial charge in [-0.1, -0.05) is 0 Å². The Balaban J connectivity index is 2.77. The summed E-state index contributed by atoms with van der Waals surface area (Å²) in [7, 11) is 0. The molecule has 0 bridgehead atoms. The first-order valence-corrected chi connectivity index (χ1v) is 2.69. The van der Waals surface area contributed by atoms with Gasteiger partial charge in [-0.05, 0) is 18.6 Å². The van der Waals surface area contributed by atoms with Crippen molar-refractivity contribution in [3.05, 3.63) is 24.0 Å². The standard InChI is InChI=1S/C6H10N2/c1-5(7)6-2-3-8-4-6/h2-5,8H,7H2,1H3. The highest BCUT2D eigenvalue weighted by Crippen LogP contribution is 2.05. The van der Waals surface area contributed by atoms with Gasteiger partial charge in [0.2, 0.25) is 0 Å². The first-order chi connectivity index (χ1) is 3.80. The maximum Gasteiger partial charge on any atom is 0.0281 e. The molecule has 1 unspecified atom stereocenters. The topological polar surface area (TPSA) is 41.8 Å². The van der Waals surface area contributed by atoms with Crippen molar-refractivity contribution >= 4 is 0 Å². The number of hydrogen-bond acceptors (Lipinski definition) is 1. The fourth-order valence-electron chi connectivity index (χ4n) is 0.620. The van der Waals surface area contributed by atoms with E-state index in [2.05, 4.69) is 4.98 Å². The van der Waals surface area contributed by atoms with Gasteiger partial charge in [0.1, 0.15) is 0 Å². The summed E-state index contributed by atoms with van der Waals surface area (Å²) in [6.07, 6.45) is 3.78. The van der Waals surface area contributed by atoms with Gasteiger partial charge in [-0.25, -0.2) is 0 Å². The Kier molecular flexibility index (Phi) is 1.35. The first-order valence-electron chi connectivity index (χ1n) is 2.69. The van der Waals surface area contributed by atoms with Gasteiger partial charge < -0.3 is 10.7 Å². The molecule has 1 rings (SSSR count). The van der Waals surface area contributed by atoms with Crippen LogP contribution in [0, 0.1) is 0 Å². The fourth-order valence-corrected chi connectivity index (χ4v) is 0.620. The molecular formula is C6H10N2. The Hall–Kier alpha value is -0.760. The second kappa shape index (κ2) is 2.01. The summed E-state index contributed by atoms with van der Waals surface area (Å²) in [6.45, 7) is 1.96. The lowest BCUT2D eigenvalue weighted by Crippen LogP contribution is -2.02. The molecule has 0 fully saturated rings. The monoisotopic (exact) mass is 110 g/mol. The highest BCUT2D eigenvalue weighted by atomic mass is 14.7. The number of rotatable bonds is 1. The molecule has 0 aromatic carbocycles. The van der Waals surface area contributed by atoms with Crippen LogP contribution in [0.25, 0.3) is 0 Å². The van der Waals surface area contributed by atoms with Crippen LogP contribution >= 0.6 is 0 Å². The normalized spacial score (nSPS) is 13.8. The summed E-state index contributed by atoms with van der Waals surface area (Å²) in [4.78, 5) is 2.93. The number of aromatic amines is 1. The third kappa shape index (κ3) is 0.898. The van der Waals surface area contributed by atoms with E-state index in [9.17, 15) is 0 Å². The van der Waals surface area contributed by atoms with Crippen LogP contribution in [0.3, 0.4) is 0 Å².